The van der Waals surface area contributed by atoms with E-state index in [1.165, 1.54) is 23.8 Å². The third-order valence-electron chi connectivity index (χ3n) is 3.75. The molecule has 0 aliphatic carbocycles. The van der Waals surface area contributed by atoms with Gasteiger partial charge >= 0.3 is 0 Å². The number of ether oxygens (including phenoxy) is 1. The summed E-state index contributed by atoms with van der Waals surface area (Å²) in [6, 6.07) is 5.97. The summed E-state index contributed by atoms with van der Waals surface area (Å²) in [6.07, 6.45) is 5.14. The fraction of sp³-hybridized carbons (Fsp3) is 0.250. The molecule has 1 aromatic carbocycles. The zero-order valence-electron chi connectivity index (χ0n) is 15.3. The number of hydrogen-bond acceptors (Lipinski definition) is 4. The summed E-state index contributed by atoms with van der Waals surface area (Å²) in [4.78, 5) is 4.21. The van der Waals surface area contributed by atoms with Crippen LogP contribution in [0.15, 0.2) is 48.2 Å². The number of halogens is 2. The van der Waals surface area contributed by atoms with Gasteiger partial charge < -0.3 is 15.8 Å². The third-order valence-corrected chi connectivity index (χ3v) is 4.09. The molecule has 2 rings (SSSR count). The molecular formula is C20H23ClFN3O. The highest BCUT2D eigenvalue weighted by Gasteiger charge is 2.15. The molecule has 26 heavy (non-hydrogen) atoms. The molecule has 0 spiro atoms. The van der Waals surface area contributed by atoms with Crippen LogP contribution in [0, 0.1) is 5.82 Å². The molecule has 0 saturated heterocycles. The van der Waals surface area contributed by atoms with Gasteiger partial charge in [0, 0.05) is 35.1 Å². The number of allylic oxidation sites excluding steroid dienone is 3. The Bertz CT molecular complexity index is 845. The van der Waals surface area contributed by atoms with Gasteiger partial charge in [0.1, 0.15) is 11.9 Å². The highest BCUT2D eigenvalue weighted by Crippen LogP contribution is 2.31. The maximum Gasteiger partial charge on any atom is 0.166 e. The van der Waals surface area contributed by atoms with Crippen molar-refractivity contribution in [3.63, 3.8) is 0 Å². The highest BCUT2D eigenvalue weighted by molar-refractivity contribution is 6.31. The van der Waals surface area contributed by atoms with Gasteiger partial charge in [0.15, 0.2) is 11.6 Å². The van der Waals surface area contributed by atoms with Crippen LogP contribution in [0.3, 0.4) is 0 Å². The van der Waals surface area contributed by atoms with Gasteiger partial charge in [-0.15, -0.1) is 0 Å². The van der Waals surface area contributed by atoms with Crippen molar-refractivity contribution in [1.29, 1.82) is 0 Å². The quantitative estimate of drug-likeness (QED) is 0.687. The van der Waals surface area contributed by atoms with Gasteiger partial charge in [-0.25, -0.2) is 9.37 Å². The van der Waals surface area contributed by atoms with E-state index in [-0.39, 0.29) is 11.6 Å². The van der Waals surface area contributed by atoms with Gasteiger partial charge in [-0.2, -0.15) is 0 Å². The fourth-order valence-electron chi connectivity index (χ4n) is 2.35. The molecule has 6 heteroatoms. The molecule has 0 bridgehead atoms. The lowest BCUT2D eigenvalue weighted by Gasteiger charge is -2.18. The van der Waals surface area contributed by atoms with Crippen LogP contribution in [0.25, 0.3) is 5.70 Å². The van der Waals surface area contributed by atoms with E-state index < -0.39 is 6.10 Å². The van der Waals surface area contributed by atoms with Crippen LogP contribution in [0.1, 0.15) is 38.0 Å². The first-order valence-corrected chi connectivity index (χ1v) is 8.60. The minimum atomic E-state index is -0.489. The first-order chi connectivity index (χ1) is 12.3. The molecule has 0 fully saturated rings. The molecule has 0 saturated carbocycles. The molecule has 1 unspecified atom stereocenters. The Morgan fingerprint density at radius 1 is 1.31 bits per heavy atom. The van der Waals surface area contributed by atoms with E-state index in [4.69, 9.17) is 22.1 Å². The van der Waals surface area contributed by atoms with Gasteiger partial charge in [-0.05, 0) is 51.1 Å². The summed E-state index contributed by atoms with van der Waals surface area (Å²) < 4.78 is 19.4. The molecule has 4 nitrogen and oxygen atoms in total. The predicted molar refractivity (Wildman–Crippen MR) is 106 cm³/mol. The second-order valence-electron chi connectivity index (χ2n) is 6.11. The van der Waals surface area contributed by atoms with E-state index in [1.807, 2.05) is 33.0 Å². The molecule has 0 radical (unpaired) electrons. The van der Waals surface area contributed by atoms with Crippen LogP contribution in [0.4, 0.5) is 10.2 Å². The number of anilines is 1. The molecule has 138 valence electrons. The summed E-state index contributed by atoms with van der Waals surface area (Å²) in [5.74, 6) is 0.293. The Labute approximate surface area is 158 Å². The van der Waals surface area contributed by atoms with E-state index >= 15 is 0 Å². The van der Waals surface area contributed by atoms with Gasteiger partial charge in [-0.3, -0.25) is 0 Å². The fourth-order valence-corrected chi connectivity index (χ4v) is 2.62. The number of nitrogens with one attached hydrogen (secondary N) is 1. The number of rotatable bonds is 6. The smallest absolute Gasteiger partial charge is 0.166 e. The molecule has 1 atom stereocenters. The van der Waals surface area contributed by atoms with Crippen molar-refractivity contribution in [3.05, 3.63) is 70.2 Å². The minimum absolute atomic E-state index is 0.255. The molecule has 3 N–H and O–H groups in total. The van der Waals surface area contributed by atoms with Crippen LogP contribution < -0.4 is 15.8 Å². The van der Waals surface area contributed by atoms with Crippen molar-refractivity contribution < 1.29 is 9.13 Å². The summed E-state index contributed by atoms with van der Waals surface area (Å²) in [5.41, 5.74) is 9.37. The summed E-state index contributed by atoms with van der Waals surface area (Å²) in [6.45, 7) is 5.82. The lowest BCUT2D eigenvalue weighted by atomic mass is 10.1. The van der Waals surface area contributed by atoms with Crippen molar-refractivity contribution in [2.45, 2.75) is 26.9 Å². The number of nitrogen functional groups attached to an aromatic ring is 1. The maximum atomic E-state index is 13.5. The highest BCUT2D eigenvalue weighted by atomic mass is 35.5. The predicted octanol–water partition coefficient (Wildman–Crippen LogP) is 5.12. The van der Waals surface area contributed by atoms with Crippen molar-refractivity contribution in [2.75, 3.05) is 12.8 Å². The Hall–Kier alpha value is -2.53. The van der Waals surface area contributed by atoms with E-state index in [0.717, 1.165) is 11.3 Å². The summed E-state index contributed by atoms with van der Waals surface area (Å²) in [7, 11) is 1.83. The number of nitrogens with zero attached hydrogens (tertiary/aromatic N) is 1. The lowest BCUT2D eigenvalue weighted by Crippen LogP contribution is -2.09. The van der Waals surface area contributed by atoms with Gasteiger partial charge in [0.25, 0.3) is 0 Å². The first kappa shape index (κ1) is 19.8. The largest absolute Gasteiger partial charge is 0.482 e. The van der Waals surface area contributed by atoms with Crippen LogP contribution in [0.5, 0.6) is 5.75 Å². The molecule has 2 aromatic rings. The van der Waals surface area contributed by atoms with Crippen LogP contribution in [0.2, 0.25) is 5.02 Å². The molecule has 0 amide bonds. The molecule has 1 aromatic heterocycles. The van der Waals surface area contributed by atoms with Crippen molar-refractivity contribution >= 4 is 23.1 Å². The second kappa shape index (κ2) is 8.72. The van der Waals surface area contributed by atoms with E-state index in [2.05, 4.69) is 10.3 Å². The molecule has 1 heterocycles. The van der Waals surface area contributed by atoms with Crippen LogP contribution in [-0.4, -0.2) is 12.0 Å². The third kappa shape index (κ3) is 4.99. The monoisotopic (exact) mass is 375 g/mol. The lowest BCUT2D eigenvalue weighted by molar-refractivity contribution is 0.227. The van der Waals surface area contributed by atoms with E-state index in [9.17, 15) is 4.39 Å². The van der Waals surface area contributed by atoms with E-state index in [1.54, 1.807) is 19.2 Å². The zero-order valence-corrected chi connectivity index (χ0v) is 16.1. The van der Waals surface area contributed by atoms with Gasteiger partial charge in [0.05, 0.1) is 0 Å². The van der Waals surface area contributed by atoms with Crippen molar-refractivity contribution in [1.82, 2.24) is 10.3 Å². The Balaban J connectivity index is 2.34. The maximum absolute atomic E-state index is 13.5. The van der Waals surface area contributed by atoms with E-state index in [0.29, 0.717) is 16.3 Å². The minimum Gasteiger partial charge on any atom is -0.482 e. The first-order valence-electron chi connectivity index (χ1n) is 8.22. The number of aromatic nitrogens is 1. The SMILES string of the molecule is CN/C(=C\C=C(C)C)c1cnc(N)c(OC(C)c2cc(F)ccc2Cl)c1. The average Bonchev–Trinajstić information content (AvgIpc) is 2.59. The van der Waals surface area contributed by atoms with Gasteiger partial charge in [-0.1, -0.05) is 23.3 Å². The van der Waals surface area contributed by atoms with Crippen molar-refractivity contribution in [3.8, 4) is 5.75 Å². The topological polar surface area (TPSA) is 60.2 Å². The number of hydrogen-bond donors (Lipinski definition) is 2. The molecule has 0 aliphatic rings. The zero-order chi connectivity index (χ0) is 19.3. The second-order valence-corrected chi connectivity index (χ2v) is 6.51. The summed E-state index contributed by atoms with van der Waals surface area (Å²) in [5, 5.41) is 3.56. The average molecular weight is 376 g/mol. The Morgan fingerprint density at radius 3 is 2.69 bits per heavy atom. The van der Waals surface area contributed by atoms with Crippen LogP contribution >= 0.6 is 11.6 Å². The Morgan fingerprint density at radius 2 is 2.04 bits per heavy atom. The normalized spacial score (nSPS) is 12.5. The number of benzene rings is 1. The number of pyridine rings is 1. The number of nitrogens with two attached hydrogens (primary N) is 1. The standard InChI is InChI=1S/C20H23ClFN3O/c1-12(2)5-8-18(24-4)14-9-19(20(23)25-11-14)26-13(3)16-10-15(22)6-7-17(16)21/h5-11,13,24H,1-4H3,(H2,23,25)/b18-8-. The molecular weight excluding hydrogens is 353 g/mol. The molecule has 0 aliphatic heterocycles. The van der Waals surface area contributed by atoms with Gasteiger partial charge in [0.2, 0.25) is 0 Å². The van der Waals surface area contributed by atoms with Crippen molar-refractivity contribution in [2.24, 2.45) is 0 Å². The van der Waals surface area contributed by atoms with Crippen LogP contribution in [-0.2, 0) is 0 Å². The Kier molecular flexibility index (Phi) is 6.64. The summed E-state index contributed by atoms with van der Waals surface area (Å²) >= 11 is 6.15.